The van der Waals surface area contributed by atoms with E-state index in [1.54, 1.807) is 7.11 Å². The van der Waals surface area contributed by atoms with Crippen LogP contribution in [0.1, 0.15) is 51.0 Å². The monoisotopic (exact) mass is 440 g/mol. The predicted molar refractivity (Wildman–Crippen MR) is 126 cm³/mol. The topological polar surface area (TPSA) is 60.0 Å². The summed E-state index contributed by atoms with van der Waals surface area (Å²) in [6.45, 7) is 8.85. The maximum atomic E-state index is 13.2. The van der Waals surface area contributed by atoms with Gasteiger partial charge in [-0.05, 0) is 36.1 Å². The van der Waals surface area contributed by atoms with E-state index >= 15 is 0 Å². The molecule has 0 aliphatic carbocycles. The average molecular weight is 441 g/mol. The quantitative estimate of drug-likeness (QED) is 0.550. The van der Waals surface area contributed by atoms with Gasteiger partial charge in [0.1, 0.15) is 6.23 Å². The Labute approximate surface area is 191 Å². The van der Waals surface area contributed by atoms with Crippen molar-refractivity contribution in [3.63, 3.8) is 0 Å². The SMILES string of the molecule is COC(NC(C)CC(=O)N(Cc1ccc2c(c1)OCCCO2)CC(C)C)c1ccccc1. The average Bonchev–Trinajstić information content (AvgIpc) is 3.02. The number of nitrogens with one attached hydrogen (secondary N) is 1. The fourth-order valence-corrected chi connectivity index (χ4v) is 3.86. The lowest BCUT2D eigenvalue weighted by Crippen LogP contribution is -2.39. The predicted octanol–water partition coefficient (Wildman–Crippen LogP) is 4.55. The summed E-state index contributed by atoms with van der Waals surface area (Å²) >= 11 is 0. The minimum Gasteiger partial charge on any atom is -0.490 e. The van der Waals surface area contributed by atoms with Gasteiger partial charge in [0.15, 0.2) is 11.5 Å². The van der Waals surface area contributed by atoms with Gasteiger partial charge in [-0.1, -0.05) is 50.2 Å². The first-order valence-corrected chi connectivity index (χ1v) is 11.5. The molecule has 1 aliphatic heterocycles. The van der Waals surface area contributed by atoms with Gasteiger partial charge in [0.2, 0.25) is 5.91 Å². The van der Waals surface area contributed by atoms with E-state index in [0.29, 0.717) is 38.6 Å². The van der Waals surface area contributed by atoms with Gasteiger partial charge in [0, 0.05) is 39.1 Å². The standard InChI is InChI=1S/C26H36N2O4/c1-19(2)17-28(18-21-11-12-23-24(16-21)32-14-8-13-31-23)25(29)15-20(3)27-26(30-4)22-9-6-5-7-10-22/h5-7,9-12,16,19-20,26-27H,8,13-15,17-18H2,1-4H3. The van der Waals surface area contributed by atoms with Crippen LogP contribution < -0.4 is 14.8 Å². The van der Waals surface area contributed by atoms with Crippen molar-refractivity contribution >= 4 is 5.91 Å². The lowest BCUT2D eigenvalue weighted by molar-refractivity contribution is -0.133. The van der Waals surface area contributed by atoms with Crippen LogP contribution in [-0.4, -0.2) is 43.7 Å². The number of carbonyl (C=O) groups excluding carboxylic acids is 1. The number of hydrogen-bond acceptors (Lipinski definition) is 5. The molecule has 1 N–H and O–H groups in total. The van der Waals surface area contributed by atoms with E-state index in [1.165, 1.54) is 0 Å². The molecule has 6 heteroatoms. The van der Waals surface area contributed by atoms with Gasteiger partial charge in [0.25, 0.3) is 0 Å². The molecule has 2 aromatic rings. The van der Waals surface area contributed by atoms with Crippen molar-refractivity contribution in [1.29, 1.82) is 0 Å². The van der Waals surface area contributed by atoms with Crippen LogP contribution in [0, 0.1) is 5.92 Å². The summed E-state index contributed by atoms with van der Waals surface area (Å²) in [5.74, 6) is 2.03. The van der Waals surface area contributed by atoms with Crippen molar-refractivity contribution in [2.24, 2.45) is 5.92 Å². The zero-order chi connectivity index (χ0) is 22.9. The minimum atomic E-state index is -0.251. The minimum absolute atomic E-state index is 0.0360. The van der Waals surface area contributed by atoms with Gasteiger partial charge in [-0.15, -0.1) is 0 Å². The van der Waals surface area contributed by atoms with E-state index in [1.807, 2.05) is 60.4 Å². The molecule has 1 heterocycles. The van der Waals surface area contributed by atoms with Gasteiger partial charge in [-0.25, -0.2) is 0 Å². The maximum Gasteiger partial charge on any atom is 0.224 e. The van der Waals surface area contributed by atoms with E-state index in [0.717, 1.165) is 29.0 Å². The number of nitrogens with zero attached hydrogens (tertiary/aromatic N) is 1. The number of benzene rings is 2. The first-order chi connectivity index (χ1) is 15.5. The third kappa shape index (κ3) is 6.97. The van der Waals surface area contributed by atoms with Crippen LogP contribution in [0.2, 0.25) is 0 Å². The normalized spacial score (nSPS) is 15.2. The highest BCUT2D eigenvalue weighted by Crippen LogP contribution is 2.31. The molecule has 3 rings (SSSR count). The molecule has 2 aromatic carbocycles. The molecule has 6 nitrogen and oxygen atoms in total. The second-order valence-electron chi connectivity index (χ2n) is 8.80. The second-order valence-corrected chi connectivity index (χ2v) is 8.80. The fourth-order valence-electron chi connectivity index (χ4n) is 3.86. The molecular weight excluding hydrogens is 404 g/mol. The summed E-state index contributed by atoms with van der Waals surface area (Å²) in [7, 11) is 1.67. The zero-order valence-electron chi connectivity index (χ0n) is 19.7. The van der Waals surface area contributed by atoms with Crippen molar-refractivity contribution in [3.05, 3.63) is 59.7 Å². The number of amides is 1. The number of rotatable bonds is 10. The van der Waals surface area contributed by atoms with E-state index in [9.17, 15) is 4.79 Å². The molecular formula is C26H36N2O4. The Hall–Kier alpha value is -2.57. The van der Waals surface area contributed by atoms with Gasteiger partial charge in [-0.3, -0.25) is 10.1 Å². The van der Waals surface area contributed by atoms with Crippen LogP contribution >= 0.6 is 0 Å². The first-order valence-electron chi connectivity index (χ1n) is 11.5. The number of ether oxygens (including phenoxy) is 3. The van der Waals surface area contributed by atoms with Gasteiger partial charge in [-0.2, -0.15) is 0 Å². The lowest BCUT2D eigenvalue weighted by Gasteiger charge is -2.28. The molecule has 1 aliphatic rings. The molecule has 0 saturated heterocycles. The first kappa shape index (κ1) is 24.1. The van der Waals surface area contributed by atoms with Gasteiger partial charge >= 0.3 is 0 Å². The zero-order valence-corrected chi connectivity index (χ0v) is 19.7. The Kier molecular flexibility index (Phi) is 8.94. The Balaban J connectivity index is 1.64. The molecule has 0 saturated carbocycles. The van der Waals surface area contributed by atoms with Crippen molar-refractivity contribution in [2.45, 2.75) is 52.4 Å². The van der Waals surface area contributed by atoms with Crippen molar-refractivity contribution in [2.75, 3.05) is 26.9 Å². The van der Waals surface area contributed by atoms with Crippen LogP contribution in [0.25, 0.3) is 0 Å². The highest BCUT2D eigenvalue weighted by molar-refractivity contribution is 5.76. The van der Waals surface area contributed by atoms with E-state index in [4.69, 9.17) is 14.2 Å². The van der Waals surface area contributed by atoms with Crippen molar-refractivity contribution in [1.82, 2.24) is 10.2 Å². The van der Waals surface area contributed by atoms with Gasteiger partial charge in [0.05, 0.1) is 13.2 Å². The molecule has 2 atom stereocenters. The van der Waals surface area contributed by atoms with Crippen LogP contribution in [-0.2, 0) is 16.1 Å². The number of hydrogen-bond donors (Lipinski definition) is 1. The smallest absolute Gasteiger partial charge is 0.224 e. The Morgan fingerprint density at radius 2 is 1.78 bits per heavy atom. The molecule has 1 amide bonds. The summed E-state index contributed by atoms with van der Waals surface area (Å²) in [6.07, 6.45) is 1.02. The summed E-state index contributed by atoms with van der Waals surface area (Å²) in [5, 5.41) is 3.43. The number of methoxy groups -OCH3 is 1. The Morgan fingerprint density at radius 3 is 2.47 bits per heavy atom. The molecule has 2 unspecified atom stereocenters. The third-order valence-corrected chi connectivity index (χ3v) is 5.38. The molecule has 0 aromatic heterocycles. The van der Waals surface area contributed by atoms with Crippen LogP contribution in [0.4, 0.5) is 0 Å². The number of fused-ring (bicyclic) bond motifs is 1. The van der Waals surface area contributed by atoms with E-state index in [2.05, 4.69) is 19.2 Å². The highest BCUT2D eigenvalue weighted by Gasteiger charge is 2.21. The van der Waals surface area contributed by atoms with Crippen LogP contribution in [0.3, 0.4) is 0 Å². The maximum absolute atomic E-state index is 13.2. The summed E-state index contributed by atoms with van der Waals surface area (Å²) in [4.78, 5) is 15.2. The molecule has 32 heavy (non-hydrogen) atoms. The summed E-state index contributed by atoms with van der Waals surface area (Å²) < 4.78 is 17.2. The second kappa shape index (κ2) is 11.9. The Morgan fingerprint density at radius 1 is 1.06 bits per heavy atom. The van der Waals surface area contributed by atoms with Crippen LogP contribution in [0.15, 0.2) is 48.5 Å². The molecule has 0 fully saturated rings. The largest absolute Gasteiger partial charge is 0.490 e. The molecule has 0 bridgehead atoms. The summed E-state index contributed by atoms with van der Waals surface area (Å²) in [5.41, 5.74) is 2.09. The highest BCUT2D eigenvalue weighted by atomic mass is 16.5. The van der Waals surface area contributed by atoms with Crippen LogP contribution in [0.5, 0.6) is 11.5 Å². The lowest BCUT2D eigenvalue weighted by atomic mass is 10.1. The van der Waals surface area contributed by atoms with Crippen molar-refractivity contribution < 1.29 is 19.0 Å². The van der Waals surface area contributed by atoms with Crippen molar-refractivity contribution in [3.8, 4) is 11.5 Å². The molecule has 0 radical (unpaired) electrons. The fraction of sp³-hybridized carbons (Fsp3) is 0.500. The number of carbonyl (C=O) groups is 1. The summed E-state index contributed by atoms with van der Waals surface area (Å²) in [6, 6.07) is 15.9. The molecule has 0 spiro atoms. The van der Waals surface area contributed by atoms with Gasteiger partial charge < -0.3 is 19.1 Å². The van der Waals surface area contributed by atoms with E-state index in [-0.39, 0.29) is 18.2 Å². The third-order valence-electron chi connectivity index (χ3n) is 5.38. The molecule has 174 valence electrons. The van der Waals surface area contributed by atoms with E-state index < -0.39 is 0 Å². The Bertz CT molecular complexity index is 856.